The lowest BCUT2D eigenvalue weighted by molar-refractivity contribution is -0.137. The predicted molar refractivity (Wildman–Crippen MR) is 131 cm³/mol. The van der Waals surface area contributed by atoms with Crippen LogP contribution in [0.15, 0.2) is 58.4 Å². The number of rotatable bonds is 2. The van der Waals surface area contributed by atoms with Crippen LogP contribution >= 0.6 is 23.1 Å². The molecule has 2 bridgehead atoms. The van der Waals surface area contributed by atoms with Crippen LogP contribution in [0.5, 0.6) is 5.75 Å². The minimum atomic E-state index is -4.60. The van der Waals surface area contributed by atoms with E-state index in [-0.39, 0.29) is 45.2 Å². The number of hydrogen-bond donors (Lipinski definition) is 2. The largest absolute Gasteiger partial charge is 0.508 e. The second kappa shape index (κ2) is 7.73. The van der Waals surface area contributed by atoms with Crippen LogP contribution < -0.4 is 9.77 Å². The summed E-state index contributed by atoms with van der Waals surface area (Å²) in [7, 11) is 0. The zero-order chi connectivity index (χ0) is 25.8. The van der Waals surface area contributed by atoms with Crippen LogP contribution in [0.2, 0.25) is 0 Å². The molecule has 3 fully saturated rings. The highest BCUT2D eigenvalue weighted by molar-refractivity contribution is 8.00. The molecule has 7 rings (SSSR count). The van der Waals surface area contributed by atoms with Gasteiger partial charge in [0.1, 0.15) is 5.75 Å². The summed E-state index contributed by atoms with van der Waals surface area (Å²) in [6.45, 7) is 0. The fourth-order valence-electron chi connectivity index (χ4n) is 7.19. The van der Waals surface area contributed by atoms with Crippen LogP contribution in [0.25, 0.3) is 0 Å². The number of nitrogens with zero attached hydrogens (tertiary/aromatic N) is 1. The molecule has 190 valence electrons. The molecule has 3 heterocycles. The smallest absolute Gasteiger partial charge is 0.416 e. The molecule has 2 amide bonds. The highest BCUT2D eigenvalue weighted by Crippen LogP contribution is 2.69. The quantitative estimate of drug-likeness (QED) is 0.451. The minimum absolute atomic E-state index is 0.0602. The first-order chi connectivity index (χ1) is 17.6. The standard InChI is InChI=1S/C26H19F3N2O4S2/c27-26(28,29)10-4-3-5-11(8-10)31-23(33)18-13-9-14(19(18)24(31)34)20-17(13)16(12-6-1-2-7-15(12)32)21-22(36-20)30-25(35)37-21/h1-8,13-14,16-20,32H,9H2,(H,30,35)/t13-,14-,16?,17?,18?,19?,20?/m1/s1. The topological polar surface area (TPSA) is 90.5 Å². The molecular weight excluding hydrogens is 525 g/mol. The van der Waals surface area contributed by atoms with Crippen molar-refractivity contribution in [1.29, 1.82) is 0 Å². The van der Waals surface area contributed by atoms with E-state index in [9.17, 15) is 32.7 Å². The third kappa shape index (κ3) is 3.16. The molecular formula is C26H19F3N2O4S2. The number of phenols is 1. The lowest BCUT2D eigenvalue weighted by Gasteiger charge is -2.43. The summed E-state index contributed by atoms with van der Waals surface area (Å²) < 4.78 is 40.0. The number of fused-ring (bicyclic) bond motifs is 9. The molecule has 3 aromatic rings. The van der Waals surface area contributed by atoms with Crippen molar-refractivity contribution in [2.24, 2.45) is 29.6 Å². The van der Waals surface area contributed by atoms with Crippen molar-refractivity contribution in [3.63, 3.8) is 0 Å². The van der Waals surface area contributed by atoms with E-state index in [4.69, 9.17) is 0 Å². The Morgan fingerprint density at radius 2 is 1.70 bits per heavy atom. The normalized spacial score (nSPS) is 32.0. The van der Waals surface area contributed by atoms with Crippen molar-refractivity contribution in [3.05, 3.63) is 74.2 Å². The van der Waals surface area contributed by atoms with E-state index >= 15 is 0 Å². The maximum absolute atomic E-state index is 13.7. The number of aromatic nitrogens is 1. The maximum Gasteiger partial charge on any atom is 0.416 e. The van der Waals surface area contributed by atoms with Gasteiger partial charge in [0.05, 0.1) is 28.1 Å². The van der Waals surface area contributed by atoms with Gasteiger partial charge >= 0.3 is 11.0 Å². The fourth-order valence-corrected chi connectivity index (χ4v) is 10.1. The minimum Gasteiger partial charge on any atom is -0.508 e. The second-order valence-corrected chi connectivity index (χ2v) is 12.3. The molecule has 1 aromatic heterocycles. The third-order valence-electron chi connectivity index (χ3n) is 8.43. The number of aromatic amines is 1. The van der Waals surface area contributed by atoms with Crippen molar-refractivity contribution in [2.45, 2.75) is 28.8 Å². The monoisotopic (exact) mass is 544 g/mol. The van der Waals surface area contributed by atoms with Crippen molar-refractivity contribution < 1.29 is 27.9 Å². The summed E-state index contributed by atoms with van der Waals surface area (Å²) in [6, 6.07) is 11.3. The van der Waals surface area contributed by atoms with Gasteiger partial charge in [-0.3, -0.25) is 19.3 Å². The van der Waals surface area contributed by atoms with Gasteiger partial charge in [-0.2, -0.15) is 13.2 Å². The highest BCUT2D eigenvalue weighted by atomic mass is 32.2. The first-order valence-electron chi connectivity index (χ1n) is 11.9. The lowest BCUT2D eigenvalue weighted by Crippen LogP contribution is -2.42. The number of alkyl halides is 3. The average molecular weight is 545 g/mol. The van der Waals surface area contributed by atoms with Crippen LogP contribution in [-0.2, 0) is 15.8 Å². The number of nitrogens with one attached hydrogen (secondary N) is 1. The van der Waals surface area contributed by atoms with E-state index in [1.165, 1.54) is 23.9 Å². The van der Waals surface area contributed by atoms with Gasteiger partial charge < -0.3 is 10.1 Å². The van der Waals surface area contributed by atoms with Crippen molar-refractivity contribution >= 4 is 40.6 Å². The van der Waals surface area contributed by atoms with E-state index < -0.39 is 35.4 Å². The van der Waals surface area contributed by atoms with Gasteiger partial charge in [0.2, 0.25) is 11.8 Å². The number of phenolic OH excluding ortho intramolecular Hbond substituents is 1. The summed E-state index contributed by atoms with van der Waals surface area (Å²) in [6.07, 6.45) is -3.95. The predicted octanol–water partition coefficient (Wildman–Crippen LogP) is 4.84. The van der Waals surface area contributed by atoms with E-state index in [0.717, 1.165) is 38.3 Å². The van der Waals surface area contributed by atoms with Gasteiger partial charge in [-0.05, 0) is 48.4 Å². The van der Waals surface area contributed by atoms with E-state index in [1.807, 2.05) is 12.1 Å². The van der Waals surface area contributed by atoms with Gasteiger partial charge in [0.25, 0.3) is 0 Å². The van der Waals surface area contributed by atoms with Gasteiger partial charge in [0, 0.05) is 21.6 Å². The number of benzene rings is 2. The summed E-state index contributed by atoms with van der Waals surface area (Å²) in [5.41, 5.74) is -0.303. The number of hydrogen-bond acceptors (Lipinski definition) is 6. The second-order valence-electron chi connectivity index (χ2n) is 10.1. The highest BCUT2D eigenvalue weighted by Gasteiger charge is 2.69. The van der Waals surface area contributed by atoms with E-state index in [1.54, 1.807) is 12.1 Å². The number of halogens is 3. The zero-order valence-corrected chi connectivity index (χ0v) is 20.6. The molecule has 0 spiro atoms. The molecule has 2 aromatic carbocycles. The van der Waals surface area contributed by atoms with Crippen LogP contribution in [0.4, 0.5) is 18.9 Å². The summed E-state index contributed by atoms with van der Waals surface area (Å²) in [4.78, 5) is 44.1. The third-order valence-corrected chi connectivity index (χ3v) is 11.0. The van der Waals surface area contributed by atoms with Crippen LogP contribution in [0, 0.1) is 29.6 Å². The number of carbonyl (C=O) groups is 2. The van der Waals surface area contributed by atoms with Crippen molar-refractivity contribution in [2.75, 3.05) is 4.90 Å². The number of aromatic hydroxyl groups is 1. The lowest BCUT2D eigenvalue weighted by atomic mass is 9.68. The number of carbonyl (C=O) groups excluding carboxylic acids is 2. The molecule has 2 aliphatic carbocycles. The Bertz CT molecular complexity index is 1530. The van der Waals surface area contributed by atoms with Gasteiger partial charge in [0.15, 0.2) is 0 Å². The number of thioether (sulfide) groups is 1. The number of anilines is 1. The molecule has 2 N–H and O–H groups in total. The molecule has 7 atom stereocenters. The van der Waals surface area contributed by atoms with Crippen LogP contribution in [0.1, 0.15) is 28.3 Å². The summed E-state index contributed by atoms with van der Waals surface area (Å²) in [5, 5.41) is 11.4. The molecule has 0 radical (unpaired) electrons. The first-order valence-corrected chi connectivity index (χ1v) is 13.6. The number of H-pyrrole nitrogens is 1. The Hall–Kier alpha value is -3.05. The fraction of sp³-hybridized carbons (Fsp3) is 0.346. The van der Waals surface area contributed by atoms with Crippen LogP contribution in [0.3, 0.4) is 0 Å². The molecule has 5 unspecified atom stereocenters. The molecule has 37 heavy (non-hydrogen) atoms. The average Bonchev–Trinajstić information content (AvgIpc) is 3.58. The molecule has 2 saturated carbocycles. The van der Waals surface area contributed by atoms with Crippen LogP contribution in [-0.4, -0.2) is 27.2 Å². The SMILES string of the molecule is O=C1C2C(C(=O)N1c1cccc(C(F)(F)F)c1)[C@@H]1C[C@H]2C2Sc3[nH]c(=O)sc3C(c3ccccc3O)C21. The Labute approximate surface area is 216 Å². The molecule has 6 nitrogen and oxygen atoms in total. The molecule has 2 aliphatic heterocycles. The van der Waals surface area contributed by atoms with Crippen molar-refractivity contribution in [3.8, 4) is 5.75 Å². The number of para-hydroxylation sites is 1. The Morgan fingerprint density at radius 3 is 2.43 bits per heavy atom. The zero-order valence-electron chi connectivity index (χ0n) is 18.9. The van der Waals surface area contributed by atoms with E-state index in [0.29, 0.717) is 12.0 Å². The number of imide groups is 1. The Kier molecular flexibility index (Phi) is 4.83. The van der Waals surface area contributed by atoms with Crippen molar-refractivity contribution in [1.82, 2.24) is 4.98 Å². The number of thiazole rings is 1. The van der Waals surface area contributed by atoms with E-state index in [2.05, 4.69) is 4.98 Å². The Morgan fingerprint density at radius 1 is 0.973 bits per heavy atom. The molecule has 1 saturated heterocycles. The summed E-state index contributed by atoms with van der Waals surface area (Å²) >= 11 is 2.61. The molecule has 4 aliphatic rings. The molecule has 11 heteroatoms. The number of amides is 2. The Balaban J connectivity index is 1.31. The summed E-state index contributed by atoms with van der Waals surface area (Å²) in [5.74, 6) is -2.87. The van der Waals surface area contributed by atoms with Gasteiger partial charge in [-0.1, -0.05) is 35.6 Å². The van der Waals surface area contributed by atoms with Gasteiger partial charge in [-0.25, -0.2) is 0 Å². The first kappa shape index (κ1) is 23.1. The van der Waals surface area contributed by atoms with Gasteiger partial charge in [-0.15, -0.1) is 11.8 Å². The maximum atomic E-state index is 13.7.